The number of aromatic nitrogens is 1. The largest absolute Gasteiger partial charge is 0.449 e. The van der Waals surface area contributed by atoms with Crippen molar-refractivity contribution in [1.29, 1.82) is 0 Å². The van der Waals surface area contributed by atoms with E-state index >= 15 is 0 Å². The molecule has 0 aliphatic heterocycles. The molecule has 0 aliphatic rings. The molecule has 1 aromatic heterocycles. The van der Waals surface area contributed by atoms with Gasteiger partial charge in [-0.2, -0.15) is 5.10 Å². The van der Waals surface area contributed by atoms with Gasteiger partial charge in [-0.15, -0.1) is 0 Å². The zero-order chi connectivity index (χ0) is 9.52. The Morgan fingerprint density at radius 3 is 3.31 bits per heavy atom. The molecule has 0 aliphatic carbocycles. The summed E-state index contributed by atoms with van der Waals surface area (Å²) in [5, 5.41) is 3.65. The Hall–Kier alpha value is -1.78. The average molecular weight is 181 g/mol. The number of nitrogens with one attached hydrogen (secondary N) is 2. The molecule has 0 unspecified atom stereocenters. The van der Waals surface area contributed by atoms with Crippen LogP contribution in [0.25, 0.3) is 0 Å². The maximum Gasteiger partial charge on any atom is 0.427 e. The minimum absolute atomic E-state index is 0.337. The van der Waals surface area contributed by atoms with Gasteiger partial charge < -0.3 is 9.72 Å². The fourth-order valence-corrected chi connectivity index (χ4v) is 0.742. The van der Waals surface area contributed by atoms with E-state index in [2.05, 4.69) is 20.2 Å². The molecule has 0 bridgehead atoms. The average Bonchev–Trinajstić information content (AvgIpc) is 2.57. The quantitative estimate of drug-likeness (QED) is 0.541. The first-order valence-corrected chi connectivity index (χ1v) is 3.92. The Bertz CT molecular complexity index is 280. The normalized spacial score (nSPS) is 10.2. The number of nitrogens with zero attached hydrogens (tertiary/aromatic N) is 1. The van der Waals surface area contributed by atoms with Gasteiger partial charge in [0.25, 0.3) is 0 Å². The molecular weight excluding hydrogens is 170 g/mol. The SMILES string of the molecule is CCOC(=O)NN=Cc1ccc[nH]1. The van der Waals surface area contributed by atoms with Crippen LogP contribution in [0, 0.1) is 0 Å². The van der Waals surface area contributed by atoms with Crippen molar-refractivity contribution in [3.8, 4) is 0 Å². The van der Waals surface area contributed by atoms with Gasteiger partial charge in [0.15, 0.2) is 0 Å². The second-order valence-corrected chi connectivity index (χ2v) is 2.22. The van der Waals surface area contributed by atoms with Gasteiger partial charge in [0.05, 0.1) is 18.5 Å². The number of carbonyl (C=O) groups excluding carboxylic acids is 1. The zero-order valence-electron chi connectivity index (χ0n) is 7.28. The van der Waals surface area contributed by atoms with E-state index < -0.39 is 6.09 Å². The molecule has 13 heavy (non-hydrogen) atoms. The minimum Gasteiger partial charge on any atom is -0.449 e. The van der Waals surface area contributed by atoms with Crippen LogP contribution in [0.3, 0.4) is 0 Å². The molecule has 0 aromatic carbocycles. The van der Waals surface area contributed by atoms with Crippen LogP contribution in [0.2, 0.25) is 0 Å². The summed E-state index contributed by atoms with van der Waals surface area (Å²) in [6.45, 7) is 2.07. The van der Waals surface area contributed by atoms with Crippen molar-refractivity contribution < 1.29 is 9.53 Å². The number of rotatable bonds is 3. The molecule has 5 heteroatoms. The van der Waals surface area contributed by atoms with Crippen LogP contribution in [0.5, 0.6) is 0 Å². The summed E-state index contributed by atoms with van der Waals surface area (Å²) in [4.78, 5) is 13.6. The first-order chi connectivity index (χ1) is 6.33. The van der Waals surface area contributed by atoms with E-state index in [0.717, 1.165) is 5.69 Å². The maximum absolute atomic E-state index is 10.7. The van der Waals surface area contributed by atoms with Crippen molar-refractivity contribution in [3.63, 3.8) is 0 Å². The molecular formula is C8H11N3O2. The van der Waals surface area contributed by atoms with Gasteiger partial charge in [-0.25, -0.2) is 10.2 Å². The molecule has 1 aromatic rings. The van der Waals surface area contributed by atoms with Crippen LogP contribution in [0.15, 0.2) is 23.4 Å². The van der Waals surface area contributed by atoms with E-state index in [0.29, 0.717) is 6.61 Å². The molecule has 0 radical (unpaired) electrons. The number of aromatic amines is 1. The van der Waals surface area contributed by atoms with Crippen molar-refractivity contribution >= 4 is 12.3 Å². The van der Waals surface area contributed by atoms with E-state index in [1.165, 1.54) is 6.21 Å². The van der Waals surface area contributed by atoms with Crippen LogP contribution < -0.4 is 5.43 Å². The predicted molar refractivity (Wildman–Crippen MR) is 48.5 cm³/mol. The summed E-state index contributed by atoms with van der Waals surface area (Å²) in [5.74, 6) is 0. The van der Waals surface area contributed by atoms with Crippen molar-refractivity contribution in [2.24, 2.45) is 5.10 Å². The summed E-state index contributed by atoms with van der Waals surface area (Å²) in [5.41, 5.74) is 3.03. The van der Waals surface area contributed by atoms with Gasteiger partial charge >= 0.3 is 6.09 Å². The van der Waals surface area contributed by atoms with Crippen LogP contribution in [0.4, 0.5) is 4.79 Å². The highest BCUT2D eigenvalue weighted by Gasteiger charge is 1.94. The zero-order valence-corrected chi connectivity index (χ0v) is 7.28. The third kappa shape index (κ3) is 3.42. The van der Waals surface area contributed by atoms with E-state index in [1.807, 2.05) is 12.1 Å². The lowest BCUT2D eigenvalue weighted by molar-refractivity contribution is 0.152. The number of hydrogen-bond acceptors (Lipinski definition) is 3. The fourth-order valence-electron chi connectivity index (χ4n) is 0.742. The molecule has 70 valence electrons. The number of hydrogen-bond donors (Lipinski definition) is 2. The first kappa shape index (κ1) is 9.31. The number of ether oxygens (including phenoxy) is 1. The van der Waals surface area contributed by atoms with Crippen molar-refractivity contribution in [2.45, 2.75) is 6.92 Å². The third-order valence-corrected chi connectivity index (χ3v) is 1.26. The summed E-state index contributed by atoms with van der Waals surface area (Å²) in [7, 11) is 0. The standard InChI is InChI=1S/C8H11N3O2/c1-2-13-8(12)11-10-6-7-4-3-5-9-7/h3-6,9H,2H2,1H3,(H,11,12). The lowest BCUT2D eigenvalue weighted by Crippen LogP contribution is -2.18. The molecule has 2 N–H and O–H groups in total. The lowest BCUT2D eigenvalue weighted by atomic mass is 10.5. The van der Waals surface area contributed by atoms with E-state index in [9.17, 15) is 4.79 Å². The van der Waals surface area contributed by atoms with Crippen LogP contribution in [-0.4, -0.2) is 23.9 Å². The Kier molecular flexibility index (Phi) is 3.56. The summed E-state index contributed by atoms with van der Waals surface area (Å²) >= 11 is 0. The highest BCUT2D eigenvalue weighted by atomic mass is 16.5. The van der Waals surface area contributed by atoms with Gasteiger partial charge in [0, 0.05) is 6.20 Å². The number of amides is 1. The third-order valence-electron chi connectivity index (χ3n) is 1.26. The minimum atomic E-state index is -0.551. The summed E-state index contributed by atoms with van der Waals surface area (Å²) in [6, 6.07) is 3.67. The molecule has 1 heterocycles. The lowest BCUT2D eigenvalue weighted by Gasteiger charge is -1.97. The van der Waals surface area contributed by atoms with Crippen molar-refractivity contribution in [2.75, 3.05) is 6.61 Å². The van der Waals surface area contributed by atoms with Crippen molar-refractivity contribution in [3.05, 3.63) is 24.0 Å². The second kappa shape index (κ2) is 4.97. The van der Waals surface area contributed by atoms with Crippen LogP contribution in [0.1, 0.15) is 12.6 Å². The van der Waals surface area contributed by atoms with Gasteiger partial charge in [-0.3, -0.25) is 0 Å². The smallest absolute Gasteiger partial charge is 0.427 e. The topological polar surface area (TPSA) is 66.5 Å². The Balaban J connectivity index is 2.30. The van der Waals surface area contributed by atoms with Gasteiger partial charge in [0.2, 0.25) is 0 Å². The predicted octanol–water partition coefficient (Wildman–Crippen LogP) is 1.09. The van der Waals surface area contributed by atoms with E-state index in [-0.39, 0.29) is 0 Å². The molecule has 0 saturated heterocycles. The maximum atomic E-state index is 10.7. The molecule has 5 nitrogen and oxygen atoms in total. The van der Waals surface area contributed by atoms with Gasteiger partial charge in [-0.05, 0) is 19.1 Å². The first-order valence-electron chi connectivity index (χ1n) is 3.92. The Labute approximate surface area is 75.8 Å². The monoisotopic (exact) mass is 181 g/mol. The van der Waals surface area contributed by atoms with E-state index in [4.69, 9.17) is 0 Å². The molecule has 1 rings (SSSR count). The summed E-state index contributed by atoms with van der Waals surface area (Å²) in [6.07, 6.45) is 2.72. The number of carbonyl (C=O) groups is 1. The molecule has 0 saturated carbocycles. The molecule has 0 atom stereocenters. The molecule has 1 amide bonds. The number of hydrazone groups is 1. The Morgan fingerprint density at radius 2 is 2.69 bits per heavy atom. The fraction of sp³-hybridized carbons (Fsp3) is 0.250. The second-order valence-electron chi connectivity index (χ2n) is 2.22. The molecule has 0 spiro atoms. The summed E-state index contributed by atoms with van der Waals surface area (Å²) < 4.78 is 4.59. The van der Waals surface area contributed by atoms with Gasteiger partial charge in [0.1, 0.15) is 0 Å². The molecule has 0 fully saturated rings. The van der Waals surface area contributed by atoms with Gasteiger partial charge in [-0.1, -0.05) is 0 Å². The van der Waals surface area contributed by atoms with E-state index in [1.54, 1.807) is 13.1 Å². The highest BCUT2D eigenvalue weighted by molar-refractivity contribution is 5.78. The Morgan fingerprint density at radius 1 is 1.85 bits per heavy atom. The van der Waals surface area contributed by atoms with Crippen LogP contribution in [-0.2, 0) is 4.74 Å². The van der Waals surface area contributed by atoms with Crippen LogP contribution >= 0.6 is 0 Å². The highest BCUT2D eigenvalue weighted by Crippen LogP contribution is 1.88. The number of H-pyrrole nitrogens is 1. The van der Waals surface area contributed by atoms with Crippen molar-refractivity contribution in [1.82, 2.24) is 10.4 Å².